The lowest BCUT2D eigenvalue weighted by molar-refractivity contribution is -0.142. The number of nitrogens with zero attached hydrogens (tertiary/aromatic N) is 3. The number of benzene rings is 2. The topological polar surface area (TPSA) is 126 Å². The van der Waals surface area contributed by atoms with Crippen molar-refractivity contribution in [1.29, 1.82) is 0 Å². The molecule has 40 heavy (non-hydrogen) atoms. The number of imidazole rings is 1. The van der Waals surface area contributed by atoms with Crippen LogP contribution in [0.15, 0.2) is 61.1 Å². The molecule has 210 valence electrons. The molecule has 0 radical (unpaired) electrons. The van der Waals surface area contributed by atoms with Crippen LogP contribution >= 0.6 is 0 Å². The van der Waals surface area contributed by atoms with Gasteiger partial charge in [0.05, 0.1) is 17.4 Å². The number of nitrogens with one attached hydrogen (secondary N) is 2. The van der Waals surface area contributed by atoms with Crippen LogP contribution in [0.25, 0.3) is 0 Å². The third-order valence-corrected chi connectivity index (χ3v) is 7.91. The predicted molar refractivity (Wildman–Crippen MR) is 148 cm³/mol. The van der Waals surface area contributed by atoms with Crippen molar-refractivity contribution in [3.05, 3.63) is 77.9 Å². The van der Waals surface area contributed by atoms with Gasteiger partial charge in [-0.2, -0.15) is 0 Å². The van der Waals surface area contributed by atoms with Gasteiger partial charge < -0.3 is 25.0 Å². The van der Waals surface area contributed by atoms with Crippen molar-refractivity contribution in [3.8, 4) is 11.5 Å². The van der Waals surface area contributed by atoms with Gasteiger partial charge in [0.15, 0.2) is 0 Å². The zero-order valence-electron chi connectivity index (χ0n) is 22.6. The summed E-state index contributed by atoms with van der Waals surface area (Å²) in [6.07, 6.45) is 5.67. The lowest BCUT2D eigenvalue weighted by atomic mass is 9.73. The van der Waals surface area contributed by atoms with Crippen molar-refractivity contribution in [1.82, 2.24) is 25.1 Å². The maximum atomic E-state index is 13.7. The highest BCUT2D eigenvalue weighted by Gasteiger charge is 2.41. The van der Waals surface area contributed by atoms with Crippen LogP contribution in [-0.4, -0.2) is 63.0 Å². The van der Waals surface area contributed by atoms with Crippen molar-refractivity contribution in [3.63, 3.8) is 0 Å². The SMILES string of the molecule is Cn1cncc1CN1CCC2(CC1)Cc1cccc(c1)Oc1ccc(cc1)C[C@@H](C(=O)O)NC(=O)CCNC2=O. The second-order valence-electron chi connectivity index (χ2n) is 10.8. The quantitative estimate of drug-likeness (QED) is 0.462. The average molecular weight is 546 g/mol. The van der Waals surface area contributed by atoms with E-state index in [9.17, 15) is 19.5 Å². The minimum absolute atomic E-state index is 0.000474. The second kappa shape index (κ2) is 11.9. The summed E-state index contributed by atoms with van der Waals surface area (Å²) < 4.78 is 8.10. The molecule has 4 bridgehead atoms. The van der Waals surface area contributed by atoms with E-state index in [1.165, 1.54) is 0 Å². The first kappa shape index (κ1) is 27.4. The highest BCUT2D eigenvalue weighted by atomic mass is 16.5. The average Bonchev–Trinajstić information content (AvgIpc) is 3.34. The summed E-state index contributed by atoms with van der Waals surface area (Å²) >= 11 is 0. The number of carboxylic acids is 1. The maximum Gasteiger partial charge on any atom is 0.326 e. The minimum Gasteiger partial charge on any atom is -0.480 e. The zero-order chi connectivity index (χ0) is 28.1. The molecule has 4 heterocycles. The van der Waals surface area contributed by atoms with Crippen LogP contribution < -0.4 is 15.4 Å². The van der Waals surface area contributed by atoms with E-state index in [0.717, 1.165) is 36.5 Å². The summed E-state index contributed by atoms with van der Waals surface area (Å²) in [5, 5.41) is 15.2. The number of aryl methyl sites for hydroxylation is 1. The lowest BCUT2D eigenvalue weighted by Crippen LogP contribution is -2.50. The monoisotopic (exact) mass is 545 g/mol. The van der Waals surface area contributed by atoms with Crippen LogP contribution in [0.2, 0.25) is 0 Å². The Morgan fingerprint density at radius 1 is 1.10 bits per heavy atom. The van der Waals surface area contributed by atoms with E-state index < -0.39 is 23.3 Å². The van der Waals surface area contributed by atoms with E-state index in [1.807, 2.05) is 42.1 Å². The van der Waals surface area contributed by atoms with Crippen LogP contribution in [0.3, 0.4) is 0 Å². The van der Waals surface area contributed by atoms with Crippen molar-refractivity contribution in [2.45, 2.75) is 44.7 Å². The summed E-state index contributed by atoms with van der Waals surface area (Å²) in [6.45, 7) is 2.40. The number of hydrogen-bond donors (Lipinski definition) is 3. The lowest BCUT2D eigenvalue weighted by Gasteiger charge is -2.41. The van der Waals surface area contributed by atoms with E-state index in [0.29, 0.717) is 30.8 Å². The van der Waals surface area contributed by atoms with Crippen LogP contribution in [0.4, 0.5) is 0 Å². The Hall–Kier alpha value is -4.18. The van der Waals surface area contributed by atoms with Crippen LogP contribution in [0, 0.1) is 5.41 Å². The number of fused-ring (bicyclic) bond motifs is 9. The molecule has 1 saturated heterocycles. The number of likely N-dealkylation sites (tertiary alicyclic amines) is 1. The minimum atomic E-state index is -1.11. The van der Waals surface area contributed by atoms with Gasteiger partial charge in [-0.1, -0.05) is 24.3 Å². The Balaban J connectivity index is 1.38. The van der Waals surface area contributed by atoms with Gasteiger partial charge in [0.1, 0.15) is 17.5 Å². The Morgan fingerprint density at radius 2 is 1.88 bits per heavy atom. The van der Waals surface area contributed by atoms with Crippen LogP contribution in [-0.2, 0) is 40.8 Å². The largest absolute Gasteiger partial charge is 0.480 e. The molecule has 3 aliphatic rings. The van der Waals surface area contributed by atoms with Gasteiger partial charge in [-0.25, -0.2) is 9.78 Å². The predicted octanol–water partition coefficient (Wildman–Crippen LogP) is 2.67. The van der Waals surface area contributed by atoms with E-state index in [-0.39, 0.29) is 25.3 Å². The summed E-state index contributed by atoms with van der Waals surface area (Å²) in [4.78, 5) is 44.7. The smallest absolute Gasteiger partial charge is 0.326 e. The molecule has 1 spiro atoms. The van der Waals surface area contributed by atoms with Gasteiger partial charge in [-0.15, -0.1) is 0 Å². The number of carbonyl (C=O) groups excluding carboxylic acids is 2. The van der Waals surface area contributed by atoms with Gasteiger partial charge in [-0.05, 0) is 67.7 Å². The molecule has 3 aromatic rings. The Morgan fingerprint density at radius 3 is 2.58 bits per heavy atom. The molecule has 1 fully saturated rings. The first-order valence-electron chi connectivity index (χ1n) is 13.6. The number of piperidine rings is 1. The van der Waals surface area contributed by atoms with Crippen molar-refractivity contribution in [2.24, 2.45) is 12.5 Å². The third-order valence-electron chi connectivity index (χ3n) is 7.91. The first-order chi connectivity index (χ1) is 19.3. The van der Waals surface area contributed by atoms with Crippen LogP contribution in [0.5, 0.6) is 11.5 Å². The van der Waals surface area contributed by atoms with Gasteiger partial charge in [0.2, 0.25) is 11.8 Å². The number of aromatic nitrogens is 2. The summed E-state index contributed by atoms with van der Waals surface area (Å²) in [5.74, 6) is -0.319. The van der Waals surface area contributed by atoms with E-state index >= 15 is 0 Å². The molecule has 10 heteroatoms. The first-order valence-corrected chi connectivity index (χ1v) is 13.6. The molecule has 3 N–H and O–H groups in total. The fourth-order valence-corrected chi connectivity index (χ4v) is 5.51. The number of carbonyl (C=O) groups is 3. The Kier molecular flexibility index (Phi) is 8.16. The van der Waals surface area contributed by atoms with Gasteiger partial charge >= 0.3 is 5.97 Å². The Labute approximate surface area is 233 Å². The summed E-state index contributed by atoms with van der Waals surface area (Å²) in [6, 6.07) is 13.9. The zero-order valence-corrected chi connectivity index (χ0v) is 22.6. The van der Waals surface area contributed by atoms with E-state index in [2.05, 4.69) is 20.5 Å². The van der Waals surface area contributed by atoms with Gasteiger partial charge in [0.25, 0.3) is 0 Å². The maximum absolute atomic E-state index is 13.7. The highest BCUT2D eigenvalue weighted by molar-refractivity contribution is 5.86. The molecule has 1 aromatic heterocycles. The molecule has 0 aliphatic carbocycles. The number of amides is 2. The second-order valence-corrected chi connectivity index (χ2v) is 10.8. The van der Waals surface area contributed by atoms with Crippen molar-refractivity contribution >= 4 is 17.8 Å². The number of ether oxygens (including phenoxy) is 1. The third kappa shape index (κ3) is 6.51. The molecule has 0 unspecified atom stereocenters. The molecular weight excluding hydrogens is 510 g/mol. The molecule has 2 amide bonds. The number of hydrogen-bond acceptors (Lipinski definition) is 6. The Bertz CT molecular complexity index is 1360. The molecule has 0 saturated carbocycles. The fourth-order valence-electron chi connectivity index (χ4n) is 5.51. The molecule has 6 rings (SSSR count). The van der Waals surface area contributed by atoms with Crippen molar-refractivity contribution < 1.29 is 24.2 Å². The van der Waals surface area contributed by atoms with Crippen LogP contribution in [0.1, 0.15) is 36.1 Å². The number of carboxylic acid groups (broad SMARTS) is 1. The molecule has 1 atom stereocenters. The summed E-state index contributed by atoms with van der Waals surface area (Å²) in [7, 11) is 1.98. The van der Waals surface area contributed by atoms with E-state index in [4.69, 9.17) is 4.74 Å². The van der Waals surface area contributed by atoms with Gasteiger partial charge in [0, 0.05) is 39.2 Å². The normalized spacial score (nSPS) is 20.2. The van der Waals surface area contributed by atoms with Crippen molar-refractivity contribution in [2.75, 3.05) is 19.6 Å². The molecule has 10 nitrogen and oxygen atoms in total. The highest BCUT2D eigenvalue weighted by Crippen LogP contribution is 2.37. The summed E-state index contributed by atoms with van der Waals surface area (Å²) in [5.41, 5.74) is 2.25. The molecule has 3 aliphatic heterocycles. The standard InChI is InChI=1S/C30H35N5O5/c1-34-20-31-18-23(34)19-35-13-10-30(11-14-35)17-22-3-2-4-25(15-22)40-24-7-5-21(6-8-24)16-26(28(37)38)33-27(36)9-12-32-29(30)39/h2-8,15,18,20,26H,9-14,16-17,19H2,1H3,(H,32,39)(H,33,36)(H,37,38)/t26-/m0/s1. The fraction of sp³-hybridized carbons (Fsp3) is 0.400. The van der Waals surface area contributed by atoms with Gasteiger partial charge in [-0.3, -0.25) is 14.5 Å². The van der Waals surface area contributed by atoms with E-state index in [1.54, 1.807) is 30.6 Å². The number of aliphatic carboxylic acids is 1. The number of rotatable bonds is 3. The molecule has 2 aromatic carbocycles. The molecular formula is C30H35N5O5.